The highest BCUT2D eigenvalue weighted by Gasteiger charge is 2.12. The average molecular weight is 380 g/mol. The van der Waals surface area contributed by atoms with E-state index in [2.05, 4.69) is 15.3 Å². The first-order valence-corrected chi connectivity index (χ1v) is 8.70. The van der Waals surface area contributed by atoms with Crippen LogP contribution < -0.4 is 9.47 Å². The van der Waals surface area contributed by atoms with Crippen molar-refractivity contribution in [2.45, 2.75) is 6.92 Å². The molecule has 27 heavy (non-hydrogen) atoms. The van der Waals surface area contributed by atoms with Gasteiger partial charge in [0.2, 0.25) is 4.77 Å². The summed E-state index contributed by atoms with van der Waals surface area (Å²) in [7, 11) is 3.19. The van der Waals surface area contributed by atoms with Crippen LogP contribution in [0.3, 0.4) is 0 Å². The van der Waals surface area contributed by atoms with Gasteiger partial charge in [-0.15, -0.1) is 0 Å². The summed E-state index contributed by atoms with van der Waals surface area (Å²) < 4.78 is 12.6. The second-order valence-corrected chi connectivity index (χ2v) is 6.16. The van der Waals surface area contributed by atoms with Crippen LogP contribution >= 0.6 is 12.2 Å². The molecule has 1 N–H and O–H groups in total. The zero-order valence-corrected chi connectivity index (χ0v) is 16.2. The van der Waals surface area contributed by atoms with E-state index in [9.17, 15) is 0 Å². The lowest BCUT2D eigenvalue weighted by Gasteiger charge is -2.09. The second kappa shape index (κ2) is 8.46. The van der Waals surface area contributed by atoms with Gasteiger partial charge in [-0.2, -0.15) is 14.9 Å². The third-order valence-corrected chi connectivity index (χ3v) is 4.13. The van der Waals surface area contributed by atoms with E-state index in [1.807, 2.05) is 61.5 Å². The first kappa shape index (κ1) is 18.6. The number of aromatic nitrogens is 3. The van der Waals surface area contributed by atoms with Crippen LogP contribution in [-0.4, -0.2) is 35.3 Å². The Bertz CT molecular complexity index is 1040. The molecule has 3 aromatic rings. The Labute approximate surface area is 162 Å². The molecule has 0 atom stereocenters. The number of rotatable bonds is 6. The molecule has 3 rings (SSSR count). The Morgan fingerprint density at radius 1 is 1.11 bits per heavy atom. The molecule has 7 heteroatoms. The third-order valence-electron chi connectivity index (χ3n) is 3.86. The van der Waals surface area contributed by atoms with E-state index < -0.39 is 0 Å². The van der Waals surface area contributed by atoms with Crippen molar-refractivity contribution < 1.29 is 9.47 Å². The van der Waals surface area contributed by atoms with Crippen molar-refractivity contribution >= 4 is 24.5 Å². The van der Waals surface area contributed by atoms with Crippen molar-refractivity contribution in [2.75, 3.05) is 14.2 Å². The van der Waals surface area contributed by atoms with Crippen LogP contribution in [0.4, 0.5) is 0 Å². The molecule has 0 saturated heterocycles. The van der Waals surface area contributed by atoms with E-state index in [0.29, 0.717) is 22.1 Å². The molecule has 0 amide bonds. The fraction of sp³-hybridized carbons (Fsp3) is 0.150. The first-order valence-electron chi connectivity index (χ1n) is 8.30. The molecule has 0 aliphatic carbocycles. The molecule has 0 bridgehead atoms. The van der Waals surface area contributed by atoms with Crippen LogP contribution in [0, 0.1) is 4.77 Å². The van der Waals surface area contributed by atoms with Gasteiger partial charge in [0.1, 0.15) is 0 Å². The van der Waals surface area contributed by atoms with E-state index >= 15 is 0 Å². The minimum atomic E-state index is 0.406. The lowest BCUT2D eigenvalue weighted by atomic mass is 10.1. The Kier molecular flexibility index (Phi) is 5.83. The van der Waals surface area contributed by atoms with Gasteiger partial charge < -0.3 is 9.47 Å². The minimum absolute atomic E-state index is 0.406. The maximum Gasteiger partial charge on any atom is 0.216 e. The normalized spacial score (nSPS) is 11.7. The van der Waals surface area contributed by atoms with Gasteiger partial charge in [0, 0.05) is 5.56 Å². The minimum Gasteiger partial charge on any atom is -0.493 e. The summed E-state index contributed by atoms with van der Waals surface area (Å²) in [6.45, 7) is 1.98. The van der Waals surface area contributed by atoms with Crippen LogP contribution in [-0.2, 0) is 0 Å². The van der Waals surface area contributed by atoms with Gasteiger partial charge in [0.15, 0.2) is 17.3 Å². The molecule has 138 valence electrons. The lowest BCUT2D eigenvalue weighted by molar-refractivity contribution is 0.355. The largest absolute Gasteiger partial charge is 0.493 e. The topological polar surface area (TPSA) is 64.4 Å². The van der Waals surface area contributed by atoms with Gasteiger partial charge in [0.05, 0.1) is 20.4 Å². The molecule has 0 spiro atoms. The Balaban J connectivity index is 1.94. The molecule has 0 aliphatic rings. The quantitative estimate of drug-likeness (QED) is 0.503. The zero-order chi connectivity index (χ0) is 19.2. The number of nitrogens with zero attached hydrogens (tertiary/aromatic N) is 3. The summed E-state index contributed by atoms with van der Waals surface area (Å²) in [6, 6.07) is 15.6. The van der Waals surface area contributed by atoms with Crippen LogP contribution in [0.1, 0.15) is 12.5 Å². The maximum atomic E-state index is 5.36. The average Bonchev–Trinajstić information content (AvgIpc) is 3.07. The number of allylic oxidation sites excluding steroid dienone is 1. The number of benzene rings is 2. The van der Waals surface area contributed by atoms with Crippen molar-refractivity contribution in [1.29, 1.82) is 0 Å². The van der Waals surface area contributed by atoms with Gasteiger partial charge in [-0.05, 0) is 48.5 Å². The summed E-state index contributed by atoms with van der Waals surface area (Å²) in [5, 5.41) is 11.6. The summed E-state index contributed by atoms with van der Waals surface area (Å²) >= 11 is 5.32. The second-order valence-electron chi connectivity index (χ2n) is 5.78. The fourth-order valence-corrected chi connectivity index (χ4v) is 2.74. The number of hydrogen-bond acceptors (Lipinski definition) is 5. The molecular weight excluding hydrogens is 360 g/mol. The number of nitrogens with one attached hydrogen (secondary N) is 1. The number of ether oxygens (including phenoxy) is 2. The zero-order valence-electron chi connectivity index (χ0n) is 15.3. The first-order chi connectivity index (χ1) is 13.1. The van der Waals surface area contributed by atoms with Crippen molar-refractivity contribution in [3.63, 3.8) is 0 Å². The van der Waals surface area contributed by atoms with Gasteiger partial charge in [-0.1, -0.05) is 36.4 Å². The molecule has 6 nitrogen and oxygen atoms in total. The molecule has 1 aromatic heterocycles. The highest BCUT2D eigenvalue weighted by molar-refractivity contribution is 7.71. The lowest BCUT2D eigenvalue weighted by Crippen LogP contribution is -1.96. The van der Waals surface area contributed by atoms with Gasteiger partial charge in [0.25, 0.3) is 0 Å². The maximum absolute atomic E-state index is 5.36. The number of aromatic amines is 1. The number of H-pyrrole nitrogens is 1. The van der Waals surface area contributed by atoms with Gasteiger partial charge in [-0.3, -0.25) is 0 Å². The molecule has 0 radical (unpaired) electrons. The Morgan fingerprint density at radius 3 is 2.56 bits per heavy atom. The van der Waals surface area contributed by atoms with Crippen LogP contribution in [0.25, 0.3) is 17.5 Å². The molecule has 0 fully saturated rings. The smallest absolute Gasteiger partial charge is 0.216 e. The SMILES string of the molecule is COc1ccc(-c2n[nH]c(=S)n2/N=C\C(C)=C\c2ccccc2)cc1OC. The van der Waals surface area contributed by atoms with Crippen LogP contribution in [0.5, 0.6) is 11.5 Å². The van der Waals surface area contributed by atoms with Crippen molar-refractivity contribution in [2.24, 2.45) is 5.10 Å². The summed E-state index contributed by atoms with van der Waals surface area (Å²) in [4.78, 5) is 0. The van der Waals surface area contributed by atoms with Crippen LogP contribution in [0.15, 0.2) is 59.2 Å². The molecule has 0 unspecified atom stereocenters. The Morgan fingerprint density at radius 2 is 1.85 bits per heavy atom. The number of methoxy groups -OCH3 is 2. The van der Waals surface area contributed by atoms with Gasteiger partial charge in [-0.25, -0.2) is 5.10 Å². The Hall–Kier alpha value is -3.19. The summed E-state index contributed by atoms with van der Waals surface area (Å²) in [5.41, 5.74) is 2.90. The molecule has 1 heterocycles. The standard InChI is InChI=1S/C20H20N4O2S/c1-14(11-15-7-5-4-6-8-15)13-21-24-19(22-23-20(24)27)16-9-10-17(25-2)18(12-16)26-3/h4-13H,1-3H3,(H,23,27)/b14-11+,21-13-. The van der Waals surface area contributed by atoms with Crippen molar-refractivity contribution in [1.82, 2.24) is 14.9 Å². The summed E-state index contributed by atoms with van der Waals surface area (Å²) in [6.07, 6.45) is 3.80. The summed E-state index contributed by atoms with van der Waals surface area (Å²) in [5.74, 6) is 1.84. The van der Waals surface area contributed by atoms with Gasteiger partial charge >= 0.3 is 0 Å². The van der Waals surface area contributed by atoms with E-state index in [-0.39, 0.29) is 0 Å². The molecule has 0 aliphatic heterocycles. The predicted molar refractivity (Wildman–Crippen MR) is 110 cm³/mol. The monoisotopic (exact) mass is 380 g/mol. The van der Waals surface area contributed by atoms with E-state index in [1.165, 1.54) is 0 Å². The number of hydrogen-bond donors (Lipinski definition) is 1. The van der Waals surface area contributed by atoms with E-state index in [0.717, 1.165) is 16.7 Å². The van der Waals surface area contributed by atoms with E-state index in [1.54, 1.807) is 25.1 Å². The third kappa shape index (κ3) is 4.32. The van der Waals surface area contributed by atoms with Crippen LogP contribution in [0.2, 0.25) is 0 Å². The predicted octanol–water partition coefficient (Wildman–Crippen LogP) is 4.56. The molecule has 2 aromatic carbocycles. The molecule has 0 saturated carbocycles. The highest BCUT2D eigenvalue weighted by Crippen LogP contribution is 2.31. The van der Waals surface area contributed by atoms with Crippen molar-refractivity contribution in [3.8, 4) is 22.9 Å². The molecular formula is C20H20N4O2S. The van der Waals surface area contributed by atoms with E-state index in [4.69, 9.17) is 21.7 Å². The van der Waals surface area contributed by atoms with Crippen molar-refractivity contribution in [3.05, 3.63) is 64.4 Å². The highest BCUT2D eigenvalue weighted by atomic mass is 32.1. The fourth-order valence-electron chi connectivity index (χ4n) is 2.56.